The number of carbonyl (C=O) groups is 1. The molecule has 1 saturated heterocycles. The molecule has 1 aromatic heterocycles. The van der Waals surface area contributed by atoms with E-state index >= 15 is 0 Å². The van der Waals surface area contributed by atoms with Crippen LogP contribution in [0.2, 0.25) is 0 Å². The summed E-state index contributed by atoms with van der Waals surface area (Å²) >= 11 is 0. The van der Waals surface area contributed by atoms with Crippen LogP contribution in [0.1, 0.15) is 31.4 Å². The highest BCUT2D eigenvalue weighted by Gasteiger charge is 2.21. The summed E-state index contributed by atoms with van der Waals surface area (Å²) in [6.45, 7) is 10.3. The Bertz CT molecular complexity index is 653. The van der Waals surface area contributed by atoms with Crippen LogP contribution in [0.4, 0.5) is 0 Å². The zero-order valence-electron chi connectivity index (χ0n) is 18.3. The maximum atomic E-state index is 12.0. The predicted octanol–water partition coefficient (Wildman–Crippen LogP) is -0.251. The van der Waals surface area contributed by atoms with Gasteiger partial charge in [0.15, 0.2) is 11.8 Å². The normalized spacial score (nSPS) is 15.6. The first-order valence-electron chi connectivity index (χ1n) is 10.4. The number of nitrogens with zero attached hydrogens (tertiary/aromatic N) is 6. The first-order chi connectivity index (χ1) is 14.0. The summed E-state index contributed by atoms with van der Waals surface area (Å²) in [5.41, 5.74) is 0. The van der Waals surface area contributed by atoms with Gasteiger partial charge in [0, 0.05) is 53.4 Å². The van der Waals surface area contributed by atoms with Gasteiger partial charge in [-0.3, -0.25) is 9.69 Å². The third-order valence-corrected chi connectivity index (χ3v) is 5.03. The number of hydrogen-bond donors (Lipinski definition) is 2. The zero-order valence-corrected chi connectivity index (χ0v) is 18.3. The van der Waals surface area contributed by atoms with Crippen LogP contribution >= 0.6 is 0 Å². The zero-order chi connectivity index (χ0) is 21.1. The Morgan fingerprint density at radius 3 is 2.55 bits per heavy atom. The van der Waals surface area contributed by atoms with Crippen molar-refractivity contribution in [1.82, 2.24) is 35.2 Å². The van der Waals surface area contributed by atoms with E-state index in [9.17, 15) is 4.79 Å². The number of piperazine rings is 1. The van der Waals surface area contributed by atoms with E-state index in [2.05, 4.69) is 37.6 Å². The lowest BCUT2D eigenvalue weighted by atomic mass is 10.3. The Kier molecular flexibility index (Phi) is 9.85. The Morgan fingerprint density at radius 2 is 1.93 bits per heavy atom. The molecule has 1 aliphatic rings. The van der Waals surface area contributed by atoms with Gasteiger partial charge in [-0.15, -0.1) is 10.2 Å². The molecule has 0 aromatic carbocycles. The van der Waals surface area contributed by atoms with Crippen molar-refractivity contribution in [2.75, 3.05) is 59.5 Å². The molecule has 10 nitrogen and oxygen atoms in total. The number of hydrogen-bond acceptors (Lipinski definition) is 6. The summed E-state index contributed by atoms with van der Waals surface area (Å²) in [4.78, 5) is 21.2. The minimum Gasteiger partial charge on any atom is -0.383 e. The highest BCUT2D eigenvalue weighted by atomic mass is 16.5. The molecule has 2 heterocycles. The quantitative estimate of drug-likeness (QED) is 0.313. The highest BCUT2D eigenvalue weighted by molar-refractivity contribution is 5.80. The Hall–Kier alpha value is -2.20. The molecular formula is C19H36N8O2. The van der Waals surface area contributed by atoms with Crippen molar-refractivity contribution in [1.29, 1.82) is 0 Å². The van der Waals surface area contributed by atoms with Gasteiger partial charge in [0.25, 0.3) is 0 Å². The fourth-order valence-corrected chi connectivity index (χ4v) is 3.05. The van der Waals surface area contributed by atoms with Crippen LogP contribution in [0.25, 0.3) is 0 Å². The number of unbranched alkanes of at least 4 members (excludes halogenated alkanes) is 1. The van der Waals surface area contributed by atoms with Gasteiger partial charge in [-0.2, -0.15) is 0 Å². The molecule has 2 N–H and O–H groups in total. The Morgan fingerprint density at radius 1 is 1.17 bits per heavy atom. The van der Waals surface area contributed by atoms with E-state index in [-0.39, 0.29) is 5.91 Å². The summed E-state index contributed by atoms with van der Waals surface area (Å²) in [6.07, 6.45) is 2.23. The summed E-state index contributed by atoms with van der Waals surface area (Å²) in [5, 5.41) is 14.7. The van der Waals surface area contributed by atoms with Crippen LogP contribution in [0.5, 0.6) is 0 Å². The maximum absolute atomic E-state index is 12.0. The smallest absolute Gasteiger partial charge is 0.234 e. The number of aromatic nitrogens is 3. The lowest BCUT2D eigenvalue weighted by Gasteiger charge is -2.36. The van der Waals surface area contributed by atoms with Gasteiger partial charge in [0.1, 0.15) is 12.4 Å². The van der Waals surface area contributed by atoms with Crippen LogP contribution in [-0.2, 0) is 23.1 Å². The summed E-state index contributed by atoms with van der Waals surface area (Å²) in [6, 6.07) is 0. The van der Waals surface area contributed by atoms with E-state index in [1.54, 1.807) is 7.11 Å². The SMILES string of the molecule is CCCCNC(=NCc1nnc(C)n1C)N1CCN(CC(=O)NCCOC)CC1. The first kappa shape index (κ1) is 23.1. The molecule has 10 heteroatoms. The fraction of sp³-hybridized carbons (Fsp3) is 0.789. The third kappa shape index (κ3) is 7.62. The lowest BCUT2D eigenvalue weighted by molar-refractivity contribution is -0.122. The van der Waals surface area contributed by atoms with Crippen LogP contribution in [0, 0.1) is 6.92 Å². The largest absolute Gasteiger partial charge is 0.383 e. The average Bonchev–Trinajstić information content (AvgIpc) is 3.03. The van der Waals surface area contributed by atoms with Gasteiger partial charge in [0.2, 0.25) is 5.91 Å². The van der Waals surface area contributed by atoms with Crippen LogP contribution < -0.4 is 10.6 Å². The molecular weight excluding hydrogens is 372 g/mol. The molecule has 0 atom stereocenters. The van der Waals surface area contributed by atoms with Crippen LogP contribution in [0.3, 0.4) is 0 Å². The van der Waals surface area contributed by atoms with Crippen molar-refractivity contribution in [3.8, 4) is 0 Å². The molecule has 0 aliphatic carbocycles. The summed E-state index contributed by atoms with van der Waals surface area (Å²) in [7, 11) is 3.59. The number of aryl methyl sites for hydroxylation is 1. The average molecular weight is 409 g/mol. The van der Waals surface area contributed by atoms with Crippen molar-refractivity contribution in [2.24, 2.45) is 12.0 Å². The minimum absolute atomic E-state index is 0.0445. The number of nitrogens with one attached hydrogen (secondary N) is 2. The topological polar surface area (TPSA) is 99.9 Å². The standard InChI is InChI=1S/C19H36N8O2/c1-5-6-7-21-19(22-14-17-24-23-16(2)25(17)3)27-11-9-26(10-12-27)15-18(28)20-8-13-29-4/h5-15H2,1-4H3,(H,20,28)(H,21,22). The van der Waals surface area contributed by atoms with E-state index in [1.807, 2.05) is 18.5 Å². The van der Waals surface area contributed by atoms with E-state index in [0.29, 0.717) is 26.2 Å². The third-order valence-electron chi connectivity index (χ3n) is 5.03. The van der Waals surface area contributed by atoms with Crippen molar-refractivity contribution >= 4 is 11.9 Å². The van der Waals surface area contributed by atoms with Crippen LogP contribution in [0.15, 0.2) is 4.99 Å². The Balaban J connectivity index is 1.88. The monoisotopic (exact) mass is 408 g/mol. The van der Waals surface area contributed by atoms with E-state index < -0.39 is 0 Å². The molecule has 0 saturated carbocycles. The maximum Gasteiger partial charge on any atom is 0.234 e. The number of aliphatic imine (C=N–C) groups is 1. The molecule has 1 fully saturated rings. The van der Waals surface area contributed by atoms with E-state index in [1.165, 1.54) is 0 Å². The summed E-state index contributed by atoms with van der Waals surface area (Å²) in [5.74, 6) is 2.68. The predicted molar refractivity (Wildman–Crippen MR) is 113 cm³/mol. The van der Waals surface area contributed by atoms with Gasteiger partial charge >= 0.3 is 0 Å². The molecule has 1 aliphatic heterocycles. The number of amides is 1. The van der Waals surface area contributed by atoms with Gasteiger partial charge in [0.05, 0.1) is 13.2 Å². The van der Waals surface area contributed by atoms with E-state index in [0.717, 1.165) is 63.2 Å². The highest BCUT2D eigenvalue weighted by Crippen LogP contribution is 2.05. The first-order valence-corrected chi connectivity index (χ1v) is 10.4. The molecule has 1 amide bonds. The second-order valence-corrected chi connectivity index (χ2v) is 7.25. The lowest BCUT2D eigenvalue weighted by Crippen LogP contribution is -2.54. The van der Waals surface area contributed by atoms with Crippen molar-refractivity contribution < 1.29 is 9.53 Å². The van der Waals surface area contributed by atoms with Crippen molar-refractivity contribution in [3.05, 3.63) is 11.6 Å². The molecule has 0 spiro atoms. The molecule has 0 radical (unpaired) electrons. The van der Waals surface area contributed by atoms with E-state index in [4.69, 9.17) is 9.73 Å². The van der Waals surface area contributed by atoms with Gasteiger partial charge < -0.3 is 24.8 Å². The minimum atomic E-state index is 0.0445. The molecule has 2 rings (SSSR count). The number of rotatable bonds is 10. The van der Waals surface area contributed by atoms with Crippen molar-refractivity contribution in [2.45, 2.75) is 33.2 Å². The number of guanidine groups is 1. The number of carbonyl (C=O) groups excluding carboxylic acids is 1. The second-order valence-electron chi connectivity index (χ2n) is 7.25. The second kappa shape index (κ2) is 12.4. The molecule has 1 aromatic rings. The Labute approximate surface area is 173 Å². The fourth-order valence-electron chi connectivity index (χ4n) is 3.05. The number of ether oxygens (including phenoxy) is 1. The molecule has 0 unspecified atom stereocenters. The van der Waals surface area contributed by atoms with Gasteiger partial charge in [-0.05, 0) is 13.3 Å². The number of methoxy groups -OCH3 is 1. The molecule has 0 bridgehead atoms. The van der Waals surface area contributed by atoms with Crippen molar-refractivity contribution in [3.63, 3.8) is 0 Å². The van der Waals surface area contributed by atoms with Crippen LogP contribution in [-0.4, -0.2) is 96.0 Å². The molecule has 29 heavy (non-hydrogen) atoms. The van der Waals surface area contributed by atoms with Gasteiger partial charge in [-0.25, -0.2) is 4.99 Å². The molecule has 164 valence electrons. The van der Waals surface area contributed by atoms with Gasteiger partial charge in [-0.1, -0.05) is 13.3 Å². The summed E-state index contributed by atoms with van der Waals surface area (Å²) < 4.78 is 6.93.